The van der Waals surface area contributed by atoms with Crippen LogP contribution in [0.5, 0.6) is 23.0 Å². The lowest BCUT2D eigenvalue weighted by Gasteiger charge is -2.30. The van der Waals surface area contributed by atoms with Crippen LogP contribution in [0.15, 0.2) is 484 Å². The fourth-order valence-corrected chi connectivity index (χ4v) is 21.3. The lowest BCUT2D eigenvalue weighted by molar-refractivity contribution is 0.487. The van der Waals surface area contributed by atoms with Crippen molar-refractivity contribution in [2.45, 2.75) is 20.8 Å². The Morgan fingerprint density at radius 2 is 0.493 bits per heavy atom. The van der Waals surface area contributed by atoms with Crippen molar-refractivity contribution in [1.82, 2.24) is 0 Å². The largest absolute Gasteiger partial charge is 0.456 e. The second-order valence-corrected chi connectivity index (χ2v) is 35.4. The Bertz CT molecular complexity index is 8790. The first-order valence-electron chi connectivity index (χ1n) is 46.6. The van der Waals surface area contributed by atoms with Gasteiger partial charge in [-0.1, -0.05) is 315 Å². The molecular weight excluding hydrogens is 1650 g/mol. The molecule has 0 radical (unpaired) electrons. The molecule has 24 aromatic rings. The second kappa shape index (κ2) is 33.6. The molecule has 0 atom stereocenters. The van der Waals surface area contributed by atoms with Crippen LogP contribution in [-0.2, 0) is 0 Å². The lowest BCUT2D eigenvalue weighted by atomic mass is 9.86. The first-order valence-corrected chi connectivity index (χ1v) is 46.6. The standard InChI is InChI=1S/C66H42N2O2.C63H46N2O/c1-4-18-43(19-5-1)49-24-12-14-30-60(49)67(45-20-6-2-7-21-45)47-36-34-44(35-37-47)56-41-58-54-28-17-33-63-65(54)59(42-57(58)51-26-11-10-25-50(51)56)53-39-38-48(40-64(53)69-63)68(46-22-8-3-9-23-46)61-31-16-29-55-52-27-13-15-32-62(52)70-66(55)61;1-41-36-42(2)63(43(3)37-41)65(47-22-11-6-12-23-47)49-34-35-53-58-40-56-52-26-14-13-25-51(52)55(39-57(56)54-27-17-29-60(62(54)58)66-61(53)38-49)45-30-32-48(33-31-45)64(46-20-9-5-10-21-46)59-28-16-15-24-50(59)44-18-7-4-8-19-44/h1-42H;4-40H,1-3H3. The van der Waals surface area contributed by atoms with Gasteiger partial charge in [0.15, 0.2) is 5.58 Å². The van der Waals surface area contributed by atoms with Gasteiger partial charge in [0.1, 0.15) is 28.6 Å². The van der Waals surface area contributed by atoms with Crippen molar-refractivity contribution < 1.29 is 13.9 Å². The molecule has 0 N–H and O–H groups in total. The van der Waals surface area contributed by atoms with E-state index in [2.05, 4.69) is 507 Å². The summed E-state index contributed by atoms with van der Waals surface area (Å²) in [5.41, 5.74) is 32.3. The molecule has 136 heavy (non-hydrogen) atoms. The van der Waals surface area contributed by atoms with Crippen molar-refractivity contribution >= 4 is 155 Å². The molecule has 0 spiro atoms. The SMILES string of the molecule is Cc1cc(C)c(N(c2ccccc2)c2ccc3c(c2)Oc2cccc4c2c-3cc2c3ccccc3c(-c3ccc(N(c5ccccc5)c5ccccc5-c5ccccc5)cc3)cc42)c(C)c1.c1ccc(-c2ccccc2N(c2ccccc2)c2ccc(-c3cc4c5cccc6c5c(cc4c4ccccc34)-c3ccc(N(c4ccccc4)c4cccc5c4oc4ccccc45)cc3O6)cc2)cc1. The first kappa shape index (κ1) is 80.3. The number of benzene rings is 23. The van der Waals surface area contributed by atoms with Crippen LogP contribution >= 0.6 is 0 Å². The molecule has 0 saturated heterocycles. The summed E-state index contributed by atoms with van der Waals surface area (Å²) in [6, 6.07) is 172. The molecule has 3 heterocycles. The zero-order valence-electron chi connectivity index (χ0n) is 75.1. The molecule has 2 aliphatic heterocycles. The molecule has 26 rings (SSSR count). The smallest absolute Gasteiger partial charge is 0.159 e. The molecule has 0 unspecified atom stereocenters. The number of hydrogen-bond acceptors (Lipinski definition) is 7. The average molecular weight is 1740 g/mol. The number of rotatable bonds is 16. The van der Waals surface area contributed by atoms with Gasteiger partial charge in [-0.05, 0) is 288 Å². The van der Waals surface area contributed by atoms with Crippen LogP contribution < -0.4 is 29.1 Å². The molecular formula is C129H88N4O3. The molecule has 7 heteroatoms. The third kappa shape index (κ3) is 13.9. The highest BCUT2D eigenvalue weighted by atomic mass is 16.5. The van der Waals surface area contributed by atoms with Gasteiger partial charge in [-0.2, -0.15) is 0 Å². The van der Waals surface area contributed by atoms with Crippen LogP contribution in [-0.4, -0.2) is 0 Å². The van der Waals surface area contributed by atoms with Crippen LogP contribution in [0.25, 0.3) is 153 Å². The van der Waals surface area contributed by atoms with Crippen molar-refractivity contribution in [2.24, 2.45) is 0 Å². The summed E-state index contributed by atoms with van der Waals surface area (Å²) in [6.45, 7) is 6.58. The monoisotopic (exact) mass is 1740 g/mol. The first-order chi connectivity index (χ1) is 67.2. The van der Waals surface area contributed by atoms with E-state index in [4.69, 9.17) is 13.9 Å². The van der Waals surface area contributed by atoms with Gasteiger partial charge in [-0.25, -0.2) is 0 Å². The molecule has 7 nitrogen and oxygen atoms in total. The number of aryl methyl sites for hydroxylation is 3. The molecule has 2 aliphatic rings. The average Bonchev–Trinajstić information content (AvgIpc) is 0.930. The normalized spacial score (nSPS) is 11.8. The van der Waals surface area contributed by atoms with E-state index in [9.17, 15) is 0 Å². The Balaban J connectivity index is 0.000000145. The second-order valence-electron chi connectivity index (χ2n) is 35.4. The predicted molar refractivity (Wildman–Crippen MR) is 571 cm³/mol. The summed E-state index contributed by atoms with van der Waals surface area (Å²) in [6.07, 6.45) is 0. The maximum absolute atomic E-state index is 6.99. The number of ether oxygens (including phenoxy) is 2. The maximum Gasteiger partial charge on any atom is 0.159 e. The van der Waals surface area contributed by atoms with E-state index in [-0.39, 0.29) is 0 Å². The van der Waals surface area contributed by atoms with Crippen LogP contribution in [0.2, 0.25) is 0 Å². The van der Waals surface area contributed by atoms with Crippen molar-refractivity contribution in [2.75, 3.05) is 19.6 Å². The topological polar surface area (TPSA) is 44.6 Å². The number of para-hydroxylation sites is 8. The number of anilines is 12. The minimum Gasteiger partial charge on any atom is -0.456 e. The van der Waals surface area contributed by atoms with E-state index in [1.807, 2.05) is 12.1 Å². The molecule has 0 bridgehead atoms. The minimum atomic E-state index is 0.812. The summed E-state index contributed by atoms with van der Waals surface area (Å²) in [4.78, 5) is 9.37. The lowest BCUT2D eigenvalue weighted by Crippen LogP contribution is -2.13. The van der Waals surface area contributed by atoms with E-state index in [1.54, 1.807) is 0 Å². The molecule has 642 valence electrons. The van der Waals surface area contributed by atoms with Gasteiger partial charge in [0.2, 0.25) is 0 Å². The van der Waals surface area contributed by atoms with E-state index in [1.165, 1.54) is 115 Å². The molecule has 0 aliphatic carbocycles. The Morgan fingerprint density at radius 1 is 0.176 bits per heavy atom. The molecule has 0 amide bonds. The summed E-state index contributed by atoms with van der Waals surface area (Å²) in [5.74, 6) is 3.39. The Morgan fingerprint density at radius 3 is 0.949 bits per heavy atom. The van der Waals surface area contributed by atoms with Gasteiger partial charge in [0, 0.05) is 95.7 Å². The van der Waals surface area contributed by atoms with E-state index in [0.717, 1.165) is 146 Å². The third-order valence-electron chi connectivity index (χ3n) is 27.3. The Labute approximate surface area is 789 Å². The van der Waals surface area contributed by atoms with Crippen molar-refractivity contribution in [3.05, 3.63) is 496 Å². The highest BCUT2D eigenvalue weighted by Gasteiger charge is 2.31. The maximum atomic E-state index is 6.99. The van der Waals surface area contributed by atoms with Crippen molar-refractivity contribution in [3.8, 4) is 89.8 Å². The quantitative estimate of drug-likeness (QED) is 0.0893. The number of hydrogen-bond donors (Lipinski definition) is 0. The molecule has 0 saturated carbocycles. The van der Waals surface area contributed by atoms with E-state index >= 15 is 0 Å². The van der Waals surface area contributed by atoms with Crippen molar-refractivity contribution in [1.29, 1.82) is 0 Å². The molecule has 1 aromatic heterocycles. The van der Waals surface area contributed by atoms with Gasteiger partial charge in [0.25, 0.3) is 0 Å². The summed E-state index contributed by atoms with van der Waals surface area (Å²) < 4.78 is 20.6. The van der Waals surface area contributed by atoms with E-state index < -0.39 is 0 Å². The van der Waals surface area contributed by atoms with Crippen molar-refractivity contribution in [3.63, 3.8) is 0 Å². The van der Waals surface area contributed by atoms with Gasteiger partial charge < -0.3 is 33.5 Å². The Kier molecular flexibility index (Phi) is 19.8. The van der Waals surface area contributed by atoms with Crippen LogP contribution in [0, 0.1) is 20.8 Å². The fourth-order valence-electron chi connectivity index (χ4n) is 21.3. The number of nitrogens with zero attached hydrogens (tertiary/aromatic N) is 4. The zero-order valence-corrected chi connectivity index (χ0v) is 75.1. The molecule has 23 aromatic carbocycles. The Hall–Kier alpha value is -17.8. The van der Waals surface area contributed by atoms with Crippen LogP contribution in [0.4, 0.5) is 68.2 Å². The van der Waals surface area contributed by atoms with Crippen LogP contribution in [0.1, 0.15) is 16.7 Å². The van der Waals surface area contributed by atoms with Gasteiger partial charge >= 0.3 is 0 Å². The van der Waals surface area contributed by atoms with E-state index in [0.29, 0.717) is 0 Å². The summed E-state index contributed by atoms with van der Waals surface area (Å²) in [7, 11) is 0. The van der Waals surface area contributed by atoms with Gasteiger partial charge in [0.05, 0.1) is 28.4 Å². The highest BCUT2D eigenvalue weighted by molar-refractivity contribution is 6.28. The zero-order chi connectivity index (χ0) is 90.4. The van der Waals surface area contributed by atoms with Gasteiger partial charge in [-0.15, -0.1) is 0 Å². The van der Waals surface area contributed by atoms with Crippen LogP contribution in [0.3, 0.4) is 0 Å². The summed E-state index contributed by atoms with van der Waals surface area (Å²) in [5, 5.41) is 16.5. The molecule has 0 fully saturated rings. The third-order valence-corrected chi connectivity index (χ3v) is 27.3. The summed E-state index contributed by atoms with van der Waals surface area (Å²) >= 11 is 0. The predicted octanol–water partition coefficient (Wildman–Crippen LogP) is 37.2. The fraction of sp³-hybridized carbons (Fsp3) is 0.0233. The van der Waals surface area contributed by atoms with Gasteiger partial charge in [-0.3, -0.25) is 0 Å². The highest BCUT2D eigenvalue weighted by Crippen LogP contribution is 2.57. The minimum absolute atomic E-state index is 0.812. The number of fused-ring (bicyclic) bond motifs is 15. The number of furan rings is 1.